The Hall–Kier alpha value is -5.80. The molecule has 2 heterocycles. The Kier molecular flexibility index (Phi) is 5.97. The van der Waals surface area contributed by atoms with E-state index in [1.54, 1.807) is 0 Å². The van der Waals surface area contributed by atoms with E-state index >= 15 is 0 Å². The molecule has 0 bridgehead atoms. The van der Waals surface area contributed by atoms with E-state index in [-0.39, 0.29) is 5.41 Å². The zero-order valence-electron chi connectivity index (χ0n) is 29.3. The standard InChI is InChI=1S/C51H32S2/c1-51(2)40-24-20-29-21-26-45-50(38-16-8-10-18-43(38)53-45)48(29)49(40)37-23-19-31(28-41(37)51)47-35-14-5-3-12-33(35)46(34-13-4-6-15-36(34)47)30-22-25-44-39(27-30)32-11-7-9-17-42(32)52-44/h3-28H,1-2H3. The number of thiophene rings is 2. The molecule has 0 nitrogen and oxygen atoms in total. The summed E-state index contributed by atoms with van der Waals surface area (Å²) < 4.78 is 5.39. The van der Waals surface area contributed by atoms with Gasteiger partial charge in [0, 0.05) is 45.8 Å². The predicted molar refractivity (Wildman–Crippen MR) is 233 cm³/mol. The van der Waals surface area contributed by atoms with Gasteiger partial charge in [-0.2, -0.15) is 0 Å². The molecule has 1 aliphatic carbocycles. The molecule has 0 atom stereocenters. The normalized spacial score (nSPS) is 13.6. The van der Waals surface area contributed by atoms with E-state index in [9.17, 15) is 0 Å². The van der Waals surface area contributed by atoms with Gasteiger partial charge in [-0.25, -0.2) is 0 Å². The Balaban J connectivity index is 1.12. The van der Waals surface area contributed by atoms with Crippen LogP contribution in [0.15, 0.2) is 158 Å². The summed E-state index contributed by atoms with van der Waals surface area (Å²) in [6.45, 7) is 4.84. The molecule has 2 aromatic heterocycles. The van der Waals surface area contributed by atoms with Gasteiger partial charge in [-0.1, -0.05) is 135 Å². The molecule has 0 aliphatic heterocycles. The molecule has 0 saturated carbocycles. The van der Waals surface area contributed by atoms with Gasteiger partial charge >= 0.3 is 0 Å². The molecule has 0 spiro atoms. The third kappa shape index (κ3) is 4.00. The third-order valence-corrected chi connectivity index (χ3v) is 14.3. The number of fused-ring (bicyclic) bond motifs is 14. The van der Waals surface area contributed by atoms with Crippen molar-refractivity contribution < 1.29 is 0 Å². The summed E-state index contributed by atoms with van der Waals surface area (Å²) >= 11 is 3.79. The predicted octanol–water partition coefficient (Wildman–Crippen LogP) is 15.5. The van der Waals surface area contributed by atoms with Gasteiger partial charge in [0.15, 0.2) is 0 Å². The van der Waals surface area contributed by atoms with Crippen LogP contribution in [0.3, 0.4) is 0 Å². The Bertz CT molecular complexity index is 3310. The second-order valence-electron chi connectivity index (χ2n) is 15.2. The molecule has 0 amide bonds. The molecule has 2 heteroatoms. The lowest BCUT2D eigenvalue weighted by molar-refractivity contribution is 0.661. The Morgan fingerprint density at radius 1 is 0.358 bits per heavy atom. The van der Waals surface area contributed by atoms with Crippen molar-refractivity contribution in [2.75, 3.05) is 0 Å². The van der Waals surface area contributed by atoms with E-state index < -0.39 is 0 Å². The second kappa shape index (κ2) is 10.6. The number of hydrogen-bond donors (Lipinski definition) is 0. The first-order valence-corrected chi connectivity index (χ1v) is 20.1. The van der Waals surface area contributed by atoms with Crippen LogP contribution in [0.2, 0.25) is 0 Å². The molecule has 0 N–H and O–H groups in total. The average molecular weight is 709 g/mol. The maximum absolute atomic E-state index is 2.52. The molecule has 0 fully saturated rings. The minimum absolute atomic E-state index is 0.146. The summed E-state index contributed by atoms with van der Waals surface area (Å²) in [5.74, 6) is 0. The van der Waals surface area contributed by atoms with Gasteiger partial charge in [-0.3, -0.25) is 0 Å². The summed E-state index contributed by atoms with van der Waals surface area (Å²) in [6, 6.07) is 59.6. The smallest absolute Gasteiger partial charge is 0.0362 e. The lowest BCUT2D eigenvalue weighted by Gasteiger charge is -2.23. The van der Waals surface area contributed by atoms with Gasteiger partial charge in [0.1, 0.15) is 0 Å². The van der Waals surface area contributed by atoms with E-state index in [4.69, 9.17) is 0 Å². The first kappa shape index (κ1) is 29.7. The highest BCUT2D eigenvalue weighted by Crippen LogP contribution is 2.55. The zero-order valence-corrected chi connectivity index (χ0v) is 31.0. The van der Waals surface area contributed by atoms with E-state index in [2.05, 4.69) is 172 Å². The van der Waals surface area contributed by atoms with Crippen molar-refractivity contribution in [2.45, 2.75) is 19.3 Å². The number of hydrogen-bond acceptors (Lipinski definition) is 2. The van der Waals surface area contributed by atoms with Crippen molar-refractivity contribution in [2.24, 2.45) is 0 Å². The van der Waals surface area contributed by atoms with Gasteiger partial charge in [0.05, 0.1) is 0 Å². The fraction of sp³-hybridized carbons (Fsp3) is 0.0588. The van der Waals surface area contributed by atoms with Crippen LogP contribution in [0.1, 0.15) is 25.0 Å². The fourth-order valence-corrected chi connectivity index (χ4v) is 11.8. The van der Waals surface area contributed by atoms with E-state index in [1.807, 2.05) is 22.7 Å². The fourth-order valence-electron chi connectivity index (χ4n) is 9.64. The molecule has 12 rings (SSSR count). The zero-order chi connectivity index (χ0) is 35.0. The van der Waals surface area contributed by atoms with E-state index in [0.29, 0.717) is 0 Å². The minimum atomic E-state index is -0.146. The summed E-state index contributed by atoms with van der Waals surface area (Å²) in [7, 11) is 0. The van der Waals surface area contributed by atoms with Crippen LogP contribution in [0, 0.1) is 0 Å². The lowest BCUT2D eigenvalue weighted by Crippen LogP contribution is -2.15. The summed E-state index contributed by atoms with van der Waals surface area (Å²) in [6.07, 6.45) is 0. The molecular formula is C51H32S2. The number of benzene rings is 9. The molecule has 9 aromatic carbocycles. The van der Waals surface area contributed by atoms with Crippen LogP contribution in [-0.2, 0) is 5.41 Å². The van der Waals surface area contributed by atoms with E-state index in [0.717, 1.165) is 0 Å². The monoisotopic (exact) mass is 708 g/mol. The minimum Gasteiger partial charge on any atom is -0.135 e. The SMILES string of the molecule is CC1(C)c2cc(-c3c4ccccc4c(-c4ccc5sc6ccccc6c5c4)c4ccccc34)ccc2-c2c1ccc1ccc3sc4ccccc4c3c21. The van der Waals surface area contributed by atoms with Crippen LogP contribution in [0.25, 0.3) is 106 Å². The number of rotatable bonds is 2. The maximum Gasteiger partial charge on any atom is 0.0362 e. The third-order valence-electron chi connectivity index (χ3n) is 12.0. The Labute approximate surface area is 315 Å². The quantitative estimate of drug-likeness (QED) is 0.157. The van der Waals surface area contributed by atoms with Crippen molar-refractivity contribution >= 4 is 95.3 Å². The molecule has 0 radical (unpaired) electrons. The topological polar surface area (TPSA) is 0 Å². The Morgan fingerprint density at radius 3 is 1.57 bits per heavy atom. The van der Waals surface area contributed by atoms with Crippen LogP contribution in [0.4, 0.5) is 0 Å². The summed E-state index contributed by atoms with van der Waals surface area (Å²) in [5.41, 5.74) is 10.6. The van der Waals surface area contributed by atoms with Gasteiger partial charge in [0.2, 0.25) is 0 Å². The average Bonchev–Trinajstić information content (AvgIpc) is 3.84. The molecular weight excluding hydrogens is 677 g/mol. The first-order chi connectivity index (χ1) is 26.0. The Morgan fingerprint density at radius 2 is 0.868 bits per heavy atom. The van der Waals surface area contributed by atoms with Gasteiger partial charge < -0.3 is 0 Å². The first-order valence-electron chi connectivity index (χ1n) is 18.4. The summed E-state index contributed by atoms with van der Waals surface area (Å²) in [4.78, 5) is 0. The largest absolute Gasteiger partial charge is 0.135 e. The van der Waals surface area contributed by atoms with Crippen LogP contribution in [0.5, 0.6) is 0 Å². The highest BCUT2D eigenvalue weighted by molar-refractivity contribution is 7.26. The van der Waals surface area contributed by atoms with Crippen LogP contribution in [-0.4, -0.2) is 0 Å². The summed E-state index contributed by atoms with van der Waals surface area (Å²) in [5, 5.41) is 13.3. The lowest BCUT2D eigenvalue weighted by atomic mass is 9.80. The van der Waals surface area contributed by atoms with Gasteiger partial charge in [-0.15, -0.1) is 22.7 Å². The van der Waals surface area contributed by atoms with Gasteiger partial charge in [-0.05, 0) is 113 Å². The second-order valence-corrected chi connectivity index (χ2v) is 17.3. The molecule has 11 aromatic rings. The molecule has 53 heavy (non-hydrogen) atoms. The van der Waals surface area contributed by atoms with Crippen molar-refractivity contribution in [1.82, 2.24) is 0 Å². The molecule has 0 saturated heterocycles. The van der Waals surface area contributed by atoms with Crippen molar-refractivity contribution in [3.63, 3.8) is 0 Å². The van der Waals surface area contributed by atoms with Gasteiger partial charge in [0.25, 0.3) is 0 Å². The highest BCUT2D eigenvalue weighted by Gasteiger charge is 2.37. The van der Waals surface area contributed by atoms with Crippen molar-refractivity contribution in [3.05, 3.63) is 169 Å². The van der Waals surface area contributed by atoms with Crippen LogP contribution < -0.4 is 0 Å². The maximum atomic E-state index is 2.52. The highest BCUT2D eigenvalue weighted by atomic mass is 32.1. The van der Waals surface area contributed by atoms with Crippen LogP contribution >= 0.6 is 22.7 Å². The van der Waals surface area contributed by atoms with E-state index in [1.165, 1.54) is 117 Å². The molecule has 1 aliphatic rings. The van der Waals surface area contributed by atoms with Crippen molar-refractivity contribution in [3.8, 4) is 33.4 Å². The van der Waals surface area contributed by atoms with Crippen molar-refractivity contribution in [1.29, 1.82) is 0 Å². The molecule has 248 valence electrons. The molecule has 0 unspecified atom stereocenters.